The van der Waals surface area contributed by atoms with Gasteiger partial charge in [0.15, 0.2) is 0 Å². The fourth-order valence-electron chi connectivity index (χ4n) is 4.63. The van der Waals surface area contributed by atoms with Gasteiger partial charge in [-0.15, -0.1) is 5.10 Å². The number of carbonyl (C=O) groups excluding carboxylic acids is 2. The zero-order valence-corrected chi connectivity index (χ0v) is 23.4. The second-order valence-corrected chi connectivity index (χ2v) is 10.3. The molecular weight excluding hydrogens is 540 g/mol. The number of nitrogens with one attached hydrogen (secondary N) is 2. The number of piperazine rings is 1. The van der Waals surface area contributed by atoms with Gasteiger partial charge in [0.2, 0.25) is 11.8 Å². The summed E-state index contributed by atoms with van der Waals surface area (Å²) in [5, 5.41) is 17.6. The summed E-state index contributed by atoms with van der Waals surface area (Å²) in [4.78, 5) is 31.1. The largest absolute Gasteiger partial charge is 0.369 e. The van der Waals surface area contributed by atoms with Crippen molar-refractivity contribution in [3.63, 3.8) is 0 Å². The third-order valence-corrected chi connectivity index (χ3v) is 7.15. The predicted molar refractivity (Wildman–Crippen MR) is 160 cm³/mol. The minimum absolute atomic E-state index is 0.305. The first-order chi connectivity index (χ1) is 19.9. The average molecular weight is 571 g/mol. The third kappa shape index (κ3) is 7.56. The zero-order valence-electron chi connectivity index (χ0n) is 22.7. The SMILES string of the molecule is CN1CCN(c2ccc(NC(=O)C(Cc3ccccc3)NC(=O)/C=C/c3cc(Cl)ccc3-n3cnnn3)cc2)CC1. The van der Waals surface area contributed by atoms with E-state index in [0.717, 1.165) is 37.4 Å². The highest BCUT2D eigenvalue weighted by Crippen LogP contribution is 2.21. The van der Waals surface area contributed by atoms with E-state index in [1.807, 2.05) is 54.6 Å². The molecule has 0 spiro atoms. The van der Waals surface area contributed by atoms with Crippen LogP contribution >= 0.6 is 11.6 Å². The summed E-state index contributed by atoms with van der Waals surface area (Å²) in [6.45, 7) is 3.97. The first kappa shape index (κ1) is 28.0. The lowest BCUT2D eigenvalue weighted by Gasteiger charge is -2.34. The van der Waals surface area contributed by atoms with Gasteiger partial charge in [-0.05, 0) is 71.6 Å². The van der Waals surface area contributed by atoms with Gasteiger partial charge in [-0.1, -0.05) is 41.9 Å². The number of anilines is 2. The number of nitrogens with zero attached hydrogens (tertiary/aromatic N) is 6. The molecule has 5 rings (SSSR count). The van der Waals surface area contributed by atoms with Crippen molar-refractivity contribution in [1.29, 1.82) is 0 Å². The van der Waals surface area contributed by atoms with Gasteiger partial charge in [0.25, 0.3) is 0 Å². The van der Waals surface area contributed by atoms with Crippen molar-refractivity contribution in [2.45, 2.75) is 12.5 Å². The molecule has 11 heteroatoms. The maximum Gasteiger partial charge on any atom is 0.247 e. The number of likely N-dealkylation sites (N-methyl/N-ethyl adjacent to an activating group) is 1. The van der Waals surface area contributed by atoms with Crippen molar-refractivity contribution in [2.75, 3.05) is 43.4 Å². The molecule has 4 aromatic rings. The van der Waals surface area contributed by atoms with Gasteiger partial charge < -0.3 is 20.4 Å². The van der Waals surface area contributed by atoms with Crippen molar-refractivity contribution in [3.8, 4) is 5.69 Å². The van der Waals surface area contributed by atoms with Crippen LogP contribution in [0.4, 0.5) is 11.4 Å². The fourth-order valence-corrected chi connectivity index (χ4v) is 4.81. The number of hydrogen-bond donors (Lipinski definition) is 2. The number of amides is 2. The van der Waals surface area contributed by atoms with Gasteiger partial charge in [0.1, 0.15) is 12.4 Å². The molecule has 1 fully saturated rings. The highest BCUT2D eigenvalue weighted by atomic mass is 35.5. The van der Waals surface area contributed by atoms with Crippen molar-refractivity contribution >= 4 is 40.9 Å². The normalized spacial score (nSPS) is 14.6. The van der Waals surface area contributed by atoms with Gasteiger partial charge in [0.05, 0.1) is 5.69 Å². The van der Waals surface area contributed by atoms with Crippen molar-refractivity contribution in [1.82, 2.24) is 30.4 Å². The quantitative estimate of drug-likeness (QED) is 0.297. The highest BCUT2D eigenvalue weighted by Gasteiger charge is 2.21. The Bertz CT molecular complexity index is 1480. The lowest BCUT2D eigenvalue weighted by molar-refractivity contribution is -0.123. The second-order valence-electron chi connectivity index (χ2n) is 9.87. The van der Waals surface area contributed by atoms with Crippen molar-refractivity contribution in [3.05, 3.63) is 101 Å². The molecule has 2 heterocycles. The van der Waals surface area contributed by atoms with Crippen LogP contribution < -0.4 is 15.5 Å². The highest BCUT2D eigenvalue weighted by molar-refractivity contribution is 6.30. The number of aromatic nitrogens is 4. The van der Waals surface area contributed by atoms with E-state index in [0.29, 0.717) is 28.4 Å². The molecule has 1 saturated heterocycles. The number of halogens is 1. The van der Waals surface area contributed by atoms with Crippen LogP contribution in [0.15, 0.2) is 85.2 Å². The average Bonchev–Trinajstić information content (AvgIpc) is 3.52. The second kappa shape index (κ2) is 13.2. The molecule has 0 saturated carbocycles. The van der Waals surface area contributed by atoms with Crippen LogP contribution in [0.25, 0.3) is 11.8 Å². The molecule has 0 aliphatic carbocycles. The molecule has 2 amide bonds. The Balaban J connectivity index is 1.28. The molecule has 210 valence electrons. The molecule has 1 unspecified atom stereocenters. The van der Waals surface area contributed by atoms with Gasteiger partial charge in [-0.3, -0.25) is 9.59 Å². The smallest absolute Gasteiger partial charge is 0.247 e. The number of carbonyl (C=O) groups is 2. The van der Waals surface area contributed by atoms with Gasteiger partial charge in [-0.2, -0.15) is 4.68 Å². The number of tetrazole rings is 1. The molecule has 1 aliphatic heterocycles. The van der Waals surface area contributed by atoms with E-state index in [1.54, 1.807) is 24.3 Å². The van der Waals surface area contributed by atoms with E-state index in [2.05, 4.69) is 43.0 Å². The van der Waals surface area contributed by atoms with E-state index >= 15 is 0 Å². The van der Waals surface area contributed by atoms with Gasteiger partial charge >= 0.3 is 0 Å². The Morgan fingerprint density at radius 1 is 1.00 bits per heavy atom. The predicted octanol–water partition coefficient (Wildman–Crippen LogP) is 3.45. The first-order valence-electron chi connectivity index (χ1n) is 13.3. The molecule has 3 aromatic carbocycles. The minimum atomic E-state index is -0.801. The molecule has 10 nitrogen and oxygen atoms in total. The Labute approximate surface area is 243 Å². The molecule has 0 bridgehead atoms. The summed E-state index contributed by atoms with van der Waals surface area (Å²) in [6, 6.07) is 21.8. The topological polar surface area (TPSA) is 108 Å². The zero-order chi connectivity index (χ0) is 28.6. The Hall–Kier alpha value is -4.54. The number of hydrogen-bond acceptors (Lipinski definition) is 7. The van der Waals surface area contributed by atoms with Crippen LogP contribution in [0.1, 0.15) is 11.1 Å². The Kier molecular flexibility index (Phi) is 9.02. The summed E-state index contributed by atoms with van der Waals surface area (Å²) >= 11 is 6.19. The first-order valence-corrected chi connectivity index (χ1v) is 13.7. The van der Waals surface area contributed by atoms with Crippen LogP contribution in [0, 0.1) is 0 Å². The summed E-state index contributed by atoms with van der Waals surface area (Å²) < 4.78 is 1.48. The molecule has 2 N–H and O–H groups in total. The summed E-state index contributed by atoms with van der Waals surface area (Å²) in [6.07, 6.45) is 4.78. The standard InChI is InChI=1S/C30H31ClN8O2/c1-37-15-17-38(18-16-37)26-11-9-25(10-12-26)33-30(41)27(19-22-5-3-2-4-6-22)34-29(40)14-7-23-20-24(31)8-13-28(23)39-21-32-35-36-39/h2-14,20-21,27H,15-19H2,1H3,(H,33,41)(H,34,40)/b14-7+. The number of benzene rings is 3. The molecule has 41 heavy (non-hydrogen) atoms. The maximum atomic E-state index is 13.4. The van der Waals surface area contributed by atoms with E-state index in [1.165, 1.54) is 17.1 Å². The van der Waals surface area contributed by atoms with E-state index in [4.69, 9.17) is 11.6 Å². The Morgan fingerprint density at radius 2 is 1.76 bits per heavy atom. The molecule has 0 radical (unpaired) electrons. The lowest BCUT2D eigenvalue weighted by atomic mass is 10.0. The van der Waals surface area contributed by atoms with Gasteiger partial charge in [-0.25, -0.2) is 0 Å². The fraction of sp³-hybridized carbons (Fsp3) is 0.233. The summed E-state index contributed by atoms with van der Waals surface area (Å²) in [5.74, 6) is -0.728. The maximum absolute atomic E-state index is 13.4. The van der Waals surface area contributed by atoms with Crippen LogP contribution in [0.2, 0.25) is 5.02 Å². The molecule has 1 atom stereocenters. The molecule has 1 aromatic heterocycles. The molecular formula is C30H31ClN8O2. The van der Waals surface area contributed by atoms with Crippen LogP contribution in [-0.4, -0.2) is 76.2 Å². The van der Waals surface area contributed by atoms with E-state index in [9.17, 15) is 9.59 Å². The summed E-state index contributed by atoms with van der Waals surface area (Å²) in [5.41, 5.74) is 4.02. The van der Waals surface area contributed by atoms with Crippen LogP contribution in [-0.2, 0) is 16.0 Å². The Morgan fingerprint density at radius 3 is 2.46 bits per heavy atom. The lowest BCUT2D eigenvalue weighted by Crippen LogP contribution is -2.45. The van der Waals surface area contributed by atoms with Gasteiger partial charge in [0, 0.05) is 60.6 Å². The van der Waals surface area contributed by atoms with E-state index in [-0.39, 0.29) is 5.91 Å². The number of rotatable bonds is 9. The van der Waals surface area contributed by atoms with E-state index < -0.39 is 11.9 Å². The monoisotopic (exact) mass is 570 g/mol. The van der Waals surface area contributed by atoms with Crippen LogP contribution in [0.5, 0.6) is 0 Å². The van der Waals surface area contributed by atoms with Crippen molar-refractivity contribution < 1.29 is 9.59 Å². The third-order valence-electron chi connectivity index (χ3n) is 6.92. The minimum Gasteiger partial charge on any atom is -0.369 e. The van der Waals surface area contributed by atoms with Crippen LogP contribution in [0.3, 0.4) is 0 Å². The summed E-state index contributed by atoms with van der Waals surface area (Å²) in [7, 11) is 2.13. The van der Waals surface area contributed by atoms with Crippen molar-refractivity contribution in [2.24, 2.45) is 0 Å². The molecule has 1 aliphatic rings.